The third-order valence-electron chi connectivity index (χ3n) is 10.0. The Kier molecular flexibility index (Phi) is 5.97. The fraction of sp³-hybridized carbons (Fsp3) is 0. The van der Waals surface area contributed by atoms with E-state index in [1.54, 1.807) is 12.1 Å². The van der Waals surface area contributed by atoms with Crippen molar-refractivity contribution >= 4 is 65.6 Å². The minimum Gasteiger partial charge on any atom is -0.454 e. The Labute approximate surface area is 291 Å². The first-order valence-corrected chi connectivity index (χ1v) is 16.5. The van der Waals surface area contributed by atoms with Gasteiger partial charge in [-0.25, -0.2) is 0 Å². The van der Waals surface area contributed by atoms with Gasteiger partial charge in [-0.2, -0.15) is 15.8 Å². The highest BCUT2D eigenvalue weighted by Gasteiger charge is 2.23. The van der Waals surface area contributed by atoms with E-state index >= 15 is 0 Å². The van der Waals surface area contributed by atoms with Gasteiger partial charge in [0.1, 0.15) is 11.7 Å². The molecule has 0 amide bonds. The van der Waals surface area contributed by atoms with Crippen LogP contribution in [0, 0.1) is 34.0 Å². The molecule has 7 aromatic carbocycles. The summed E-state index contributed by atoms with van der Waals surface area (Å²) in [5.74, 6) is 0. The summed E-state index contributed by atoms with van der Waals surface area (Å²) in [4.78, 5) is 0. The molecule has 0 spiro atoms. The second-order valence-electron chi connectivity index (χ2n) is 12.6. The maximum absolute atomic E-state index is 10.8. The van der Waals surface area contributed by atoms with Crippen molar-refractivity contribution < 1.29 is 4.42 Å². The first kappa shape index (κ1) is 28.4. The van der Waals surface area contributed by atoms with Crippen LogP contribution in [-0.4, -0.2) is 9.13 Å². The number of para-hydroxylation sites is 4. The molecule has 0 unspecified atom stereocenters. The smallest absolute Gasteiger partial charge is 0.160 e. The van der Waals surface area contributed by atoms with Gasteiger partial charge in [0, 0.05) is 49.1 Å². The molecule has 6 nitrogen and oxygen atoms in total. The molecule has 3 aromatic heterocycles. The van der Waals surface area contributed by atoms with Crippen molar-refractivity contribution in [2.45, 2.75) is 0 Å². The lowest BCUT2D eigenvalue weighted by Gasteiger charge is -2.18. The highest BCUT2D eigenvalue weighted by molar-refractivity contribution is 6.21. The van der Waals surface area contributed by atoms with Gasteiger partial charge in [-0.1, -0.05) is 84.9 Å². The number of nitriles is 3. The quantitative estimate of drug-likeness (QED) is 0.190. The van der Waals surface area contributed by atoms with E-state index in [2.05, 4.69) is 69.8 Å². The number of furan rings is 1. The summed E-state index contributed by atoms with van der Waals surface area (Å²) < 4.78 is 10.8. The Morgan fingerprint density at radius 1 is 0.451 bits per heavy atom. The predicted octanol–water partition coefficient (Wildman–Crippen LogP) is 11.1. The maximum Gasteiger partial charge on any atom is 0.160 e. The molecule has 3 heterocycles. The number of fused-ring (bicyclic) bond motifs is 10. The van der Waals surface area contributed by atoms with Crippen molar-refractivity contribution in [3.8, 4) is 40.7 Å². The Morgan fingerprint density at radius 2 is 1.04 bits per heavy atom. The summed E-state index contributed by atoms with van der Waals surface area (Å²) in [6.45, 7) is 0. The SMILES string of the molecule is N#Cc1cc(C#N)c(-n2c3ccccc3c3ccccc32)c(-c2ccc(-n3c4ccccc4c4ccc5c6ccccc6oc5c43)cc2C#N)c1. The van der Waals surface area contributed by atoms with Gasteiger partial charge in [0.15, 0.2) is 5.58 Å². The van der Waals surface area contributed by atoms with Gasteiger partial charge in [-0.15, -0.1) is 0 Å². The summed E-state index contributed by atoms with van der Waals surface area (Å²) in [5.41, 5.74) is 9.13. The van der Waals surface area contributed by atoms with E-state index in [0.29, 0.717) is 33.5 Å². The van der Waals surface area contributed by atoms with E-state index in [9.17, 15) is 15.8 Å². The fourth-order valence-corrected chi connectivity index (χ4v) is 7.89. The molecule has 0 radical (unpaired) electrons. The van der Waals surface area contributed by atoms with Crippen LogP contribution in [0.2, 0.25) is 0 Å². The lowest BCUT2D eigenvalue weighted by Crippen LogP contribution is -2.03. The minimum atomic E-state index is 0.341. The monoisotopic (exact) mass is 649 g/mol. The number of hydrogen-bond acceptors (Lipinski definition) is 4. The minimum absolute atomic E-state index is 0.341. The van der Waals surface area contributed by atoms with Gasteiger partial charge in [-0.3, -0.25) is 0 Å². The van der Waals surface area contributed by atoms with E-state index in [4.69, 9.17) is 4.42 Å². The predicted molar refractivity (Wildman–Crippen MR) is 202 cm³/mol. The topological polar surface area (TPSA) is 94.4 Å². The number of nitrogens with zero attached hydrogens (tertiary/aromatic N) is 5. The fourth-order valence-electron chi connectivity index (χ4n) is 7.89. The summed E-state index contributed by atoms with van der Waals surface area (Å²) in [5, 5.41) is 37.7. The average Bonchev–Trinajstić information content (AvgIpc) is 3.85. The zero-order valence-corrected chi connectivity index (χ0v) is 26.9. The Bertz CT molecular complexity index is 3190. The Hall–Kier alpha value is -7.59. The van der Waals surface area contributed by atoms with Gasteiger partial charge >= 0.3 is 0 Å². The Balaban J connectivity index is 1.28. The second-order valence-corrected chi connectivity index (χ2v) is 12.6. The summed E-state index contributed by atoms with van der Waals surface area (Å²) in [6.07, 6.45) is 0. The van der Waals surface area contributed by atoms with E-state index in [1.807, 2.05) is 84.9 Å². The van der Waals surface area contributed by atoms with Gasteiger partial charge in [0.2, 0.25) is 0 Å². The normalized spacial score (nSPS) is 11.5. The first-order chi connectivity index (χ1) is 25.2. The molecule has 0 aliphatic heterocycles. The molecule has 234 valence electrons. The van der Waals surface area contributed by atoms with Crippen molar-refractivity contribution in [2.75, 3.05) is 0 Å². The molecule has 0 aliphatic rings. The molecular formula is C45H23N5O. The van der Waals surface area contributed by atoms with Gasteiger partial charge < -0.3 is 13.6 Å². The Morgan fingerprint density at radius 3 is 1.71 bits per heavy atom. The number of aromatic nitrogens is 2. The highest BCUT2D eigenvalue weighted by Crippen LogP contribution is 2.43. The molecule has 0 aliphatic carbocycles. The molecule has 10 aromatic rings. The lowest BCUT2D eigenvalue weighted by molar-refractivity contribution is 0.671. The van der Waals surface area contributed by atoms with Crippen LogP contribution in [-0.2, 0) is 0 Å². The molecule has 51 heavy (non-hydrogen) atoms. The summed E-state index contributed by atoms with van der Waals surface area (Å²) in [6, 6.07) is 53.0. The molecule has 6 heteroatoms. The van der Waals surface area contributed by atoms with Gasteiger partial charge in [0.25, 0.3) is 0 Å². The molecule has 10 rings (SSSR count). The van der Waals surface area contributed by atoms with Crippen LogP contribution in [0.25, 0.3) is 88.1 Å². The van der Waals surface area contributed by atoms with Crippen LogP contribution in [0.3, 0.4) is 0 Å². The lowest BCUT2D eigenvalue weighted by atomic mass is 9.93. The van der Waals surface area contributed by atoms with Crippen LogP contribution in [0.5, 0.6) is 0 Å². The van der Waals surface area contributed by atoms with Crippen molar-refractivity contribution in [3.05, 3.63) is 156 Å². The van der Waals surface area contributed by atoms with Crippen LogP contribution < -0.4 is 0 Å². The molecule has 0 atom stereocenters. The molecule has 0 saturated heterocycles. The van der Waals surface area contributed by atoms with E-state index in [1.165, 1.54) is 0 Å². The molecular weight excluding hydrogens is 627 g/mol. The van der Waals surface area contributed by atoms with Gasteiger partial charge in [-0.05, 0) is 54.6 Å². The van der Waals surface area contributed by atoms with E-state index in [0.717, 1.165) is 71.2 Å². The molecule has 0 saturated carbocycles. The highest BCUT2D eigenvalue weighted by atomic mass is 16.3. The zero-order chi connectivity index (χ0) is 34.2. The maximum atomic E-state index is 10.8. The van der Waals surface area contributed by atoms with Crippen LogP contribution in [0.4, 0.5) is 0 Å². The molecule has 0 bridgehead atoms. The standard InChI is InChI=1S/C45H23N5O/c46-24-27-21-29(26-48)43(50-40-14-6-1-9-32(40)33-10-2-7-15-41(33)50)38(22-27)31-18-17-30(23-28(31)25-47)49-39-13-5-3-11-34(39)36-19-20-37-35-12-4-8-16-42(35)51-45(37)44(36)49/h1-23H. The zero-order valence-electron chi connectivity index (χ0n) is 26.9. The van der Waals surface area contributed by atoms with Crippen molar-refractivity contribution in [1.29, 1.82) is 15.8 Å². The largest absolute Gasteiger partial charge is 0.454 e. The first-order valence-electron chi connectivity index (χ1n) is 16.5. The second kappa shape index (κ2) is 10.7. The molecule has 0 N–H and O–H groups in total. The van der Waals surface area contributed by atoms with Crippen molar-refractivity contribution in [1.82, 2.24) is 9.13 Å². The third-order valence-corrected chi connectivity index (χ3v) is 10.0. The molecule has 0 fully saturated rings. The van der Waals surface area contributed by atoms with Crippen LogP contribution in [0.15, 0.2) is 144 Å². The van der Waals surface area contributed by atoms with Gasteiger partial charge in [0.05, 0.1) is 56.6 Å². The summed E-state index contributed by atoms with van der Waals surface area (Å²) >= 11 is 0. The van der Waals surface area contributed by atoms with E-state index < -0.39 is 0 Å². The van der Waals surface area contributed by atoms with Crippen molar-refractivity contribution in [3.63, 3.8) is 0 Å². The number of rotatable bonds is 3. The third kappa shape index (κ3) is 3.95. The van der Waals surface area contributed by atoms with Crippen LogP contribution in [0.1, 0.15) is 16.7 Å². The number of hydrogen-bond donors (Lipinski definition) is 0. The van der Waals surface area contributed by atoms with E-state index in [-0.39, 0.29) is 0 Å². The van der Waals surface area contributed by atoms with Crippen molar-refractivity contribution in [2.24, 2.45) is 0 Å². The summed E-state index contributed by atoms with van der Waals surface area (Å²) in [7, 11) is 0. The number of benzene rings is 7. The van der Waals surface area contributed by atoms with Crippen LogP contribution >= 0.6 is 0 Å². The average molecular weight is 650 g/mol.